The first-order valence-corrected chi connectivity index (χ1v) is 6.52. The van der Waals surface area contributed by atoms with Crippen LogP contribution in [0.1, 0.15) is 17.8 Å². The van der Waals surface area contributed by atoms with Gasteiger partial charge in [-0.3, -0.25) is 4.90 Å². The van der Waals surface area contributed by atoms with E-state index in [0.29, 0.717) is 0 Å². The third-order valence-electron chi connectivity index (χ3n) is 3.04. The van der Waals surface area contributed by atoms with E-state index >= 15 is 0 Å². The fraction of sp³-hybridized carbons (Fsp3) is 0.727. The van der Waals surface area contributed by atoms with E-state index in [-0.39, 0.29) is 0 Å². The first-order chi connectivity index (χ1) is 7.38. The normalized spacial score (nSPS) is 19.5. The standard InChI is InChI=1S/C11H19N3S/c1-12-8-10-2-5-14(6-3-10)9-11-13-4-7-15-11/h4,7,10,12H,2-3,5-6,8-9H2,1H3. The molecule has 1 aliphatic rings. The van der Waals surface area contributed by atoms with Gasteiger partial charge in [0.05, 0.1) is 6.54 Å². The molecule has 2 rings (SSSR count). The highest BCUT2D eigenvalue weighted by Crippen LogP contribution is 2.18. The quantitative estimate of drug-likeness (QED) is 0.843. The number of likely N-dealkylation sites (tertiary alicyclic amines) is 1. The zero-order chi connectivity index (χ0) is 10.5. The third-order valence-corrected chi connectivity index (χ3v) is 3.81. The molecule has 15 heavy (non-hydrogen) atoms. The monoisotopic (exact) mass is 225 g/mol. The summed E-state index contributed by atoms with van der Waals surface area (Å²) in [6.07, 6.45) is 4.55. The van der Waals surface area contributed by atoms with Gasteiger partial charge >= 0.3 is 0 Å². The minimum Gasteiger partial charge on any atom is -0.319 e. The van der Waals surface area contributed by atoms with E-state index in [1.807, 2.05) is 13.2 Å². The number of rotatable bonds is 4. The number of hydrogen-bond acceptors (Lipinski definition) is 4. The number of piperidine rings is 1. The molecule has 1 fully saturated rings. The van der Waals surface area contributed by atoms with Gasteiger partial charge in [-0.2, -0.15) is 0 Å². The maximum Gasteiger partial charge on any atom is 0.107 e. The van der Waals surface area contributed by atoms with E-state index in [9.17, 15) is 0 Å². The lowest BCUT2D eigenvalue weighted by molar-refractivity contribution is 0.176. The molecule has 1 saturated heterocycles. The zero-order valence-electron chi connectivity index (χ0n) is 9.28. The van der Waals surface area contributed by atoms with Gasteiger partial charge in [0.25, 0.3) is 0 Å². The van der Waals surface area contributed by atoms with Crippen LogP contribution in [0.4, 0.5) is 0 Å². The first-order valence-electron chi connectivity index (χ1n) is 5.64. The molecule has 1 aromatic heterocycles. The van der Waals surface area contributed by atoms with Crippen molar-refractivity contribution in [3.8, 4) is 0 Å². The van der Waals surface area contributed by atoms with Crippen molar-refractivity contribution in [2.75, 3.05) is 26.7 Å². The molecular weight excluding hydrogens is 206 g/mol. The Morgan fingerprint density at radius 1 is 1.53 bits per heavy atom. The molecule has 0 amide bonds. The van der Waals surface area contributed by atoms with Gasteiger partial charge in [-0.1, -0.05) is 0 Å². The minimum absolute atomic E-state index is 0.877. The van der Waals surface area contributed by atoms with Crippen LogP contribution in [-0.4, -0.2) is 36.6 Å². The Balaban J connectivity index is 1.74. The molecule has 0 spiro atoms. The summed E-state index contributed by atoms with van der Waals surface area (Å²) in [5.74, 6) is 0.877. The maximum absolute atomic E-state index is 4.33. The first kappa shape index (κ1) is 11.0. The average Bonchev–Trinajstić information content (AvgIpc) is 2.74. The van der Waals surface area contributed by atoms with Crippen LogP contribution in [0.3, 0.4) is 0 Å². The number of nitrogens with one attached hydrogen (secondary N) is 1. The molecule has 1 aromatic rings. The van der Waals surface area contributed by atoms with Crippen molar-refractivity contribution in [1.29, 1.82) is 0 Å². The van der Waals surface area contributed by atoms with Crippen LogP contribution in [0.15, 0.2) is 11.6 Å². The molecule has 0 radical (unpaired) electrons. The van der Waals surface area contributed by atoms with E-state index in [1.54, 1.807) is 11.3 Å². The van der Waals surface area contributed by atoms with Gasteiger partial charge < -0.3 is 5.32 Å². The molecule has 0 unspecified atom stereocenters. The van der Waals surface area contributed by atoms with Gasteiger partial charge in [-0.05, 0) is 45.4 Å². The van der Waals surface area contributed by atoms with Gasteiger partial charge in [0, 0.05) is 11.6 Å². The second-order valence-electron chi connectivity index (χ2n) is 4.20. The van der Waals surface area contributed by atoms with Gasteiger partial charge in [0.2, 0.25) is 0 Å². The lowest BCUT2D eigenvalue weighted by Crippen LogP contribution is -2.36. The summed E-state index contributed by atoms with van der Waals surface area (Å²) in [5, 5.41) is 6.58. The molecule has 0 bridgehead atoms. The van der Waals surface area contributed by atoms with Crippen molar-refractivity contribution >= 4 is 11.3 Å². The molecule has 0 aliphatic carbocycles. The summed E-state index contributed by atoms with van der Waals surface area (Å²) in [5.41, 5.74) is 0. The highest BCUT2D eigenvalue weighted by Gasteiger charge is 2.18. The fourth-order valence-corrected chi connectivity index (χ4v) is 2.82. The number of thiazole rings is 1. The largest absolute Gasteiger partial charge is 0.319 e. The summed E-state index contributed by atoms with van der Waals surface area (Å²) in [4.78, 5) is 6.85. The van der Waals surface area contributed by atoms with Gasteiger partial charge in [-0.25, -0.2) is 4.98 Å². The van der Waals surface area contributed by atoms with Gasteiger partial charge in [0.15, 0.2) is 0 Å². The van der Waals surface area contributed by atoms with Crippen molar-refractivity contribution in [2.45, 2.75) is 19.4 Å². The Morgan fingerprint density at radius 2 is 2.33 bits per heavy atom. The maximum atomic E-state index is 4.33. The molecule has 2 heterocycles. The lowest BCUT2D eigenvalue weighted by Gasteiger charge is -2.31. The van der Waals surface area contributed by atoms with Crippen molar-refractivity contribution in [3.63, 3.8) is 0 Å². The molecule has 0 aromatic carbocycles. The van der Waals surface area contributed by atoms with Crippen LogP contribution in [0, 0.1) is 5.92 Å². The predicted molar refractivity (Wildman–Crippen MR) is 64.0 cm³/mol. The van der Waals surface area contributed by atoms with Gasteiger partial charge in [-0.15, -0.1) is 11.3 Å². The van der Waals surface area contributed by atoms with Crippen LogP contribution in [0.5, 0.6) is 0 Å². The van der Waals surface area contributed by atoms with Crippen molar-refractivity contribution in [2.24, 2.45) is 5.92 Å². The van der Waals surface area contributed by atoms with Crippen molar-refractivity contribution < 1.29 is 0 Å². The smallest absolute Gasteiger partial charge is 0.107 e. The molecule has 84 valence electrons. The van der Waals surface area contributed by atoms with E-state index in [1.165, 1.54) is 37.5 Å². The Morgan fingerprint density at radius 3 is 2.93 bits per heavy atom. The van der Waals surface area contributed by atoms with E-state index in [0.717, 1.165) is 12.5 Å². The van der Waals surface area contributed by atoms with Crippen LogP contribution in [0.2, 0.25) is 0 Å². The minimum atomic E-state index is 0.877. The van der Waals surface area contributed by atoms with Crippen molar-refractivity contribution in [1.82, 2.24) is 15.2 Å². The summed E-state index contributed by atoms with van der Waals surface area (Å²) < 4.78 is 0. The van der Waals surface area contributed by atoms with Crippen LogP contribution in [-0.2, 0) is 6.54 Å². The topological polar surface area (TPSA) is 28.2 Å². The molecule has 0 atom stereocenters. The van der Waals surface area contributed by atoms with E-state index in [4.69, 9.17) is 0 Å². The zero-order valence-corrected chi connectivity index (χ0v) is 10.1. The van der Waals surface area contributed by atoms with Crippen molar-refractivity contribution in [3.05, 3.63) is 16.6 Å². The van der Waals surface area contributed by atoms with Crippen LogP contribution in [0.25, 0.3) is 0 Å². The molecule has 1 N–H and O–H groups in total. The Kier molecular flexibility index (Phi) is 4.11. The fourth-order valence-electron chi connectivity index (χ4n) is 2.16. The number of aromatic nitrogens is 1. The summed E-state index contributed by atoms with van der Waals surface area (Å²) in [7, 11) is 2.04. The van der Waals surface area contributed by atoms with Crippen LogP contribution >= 0.6 is 11.3 Å². The summed E-state index contributed by atoms with van der Waals surface area (Å²) in [6, 6.07) is 0. The predicted octanol–water partition coefficient (Wildman–Crippen LogP) is 1.57. The highest BCUT2D eigenvalue weighted by atomic mass is 32.1. The number of nitrogens with zero attached hydrogens (tertiary/aromatic N) is 2. The SMILES string of the molecule is CNCC1CCN(Cc2nccs2)CC1. The second-order valence-corrected chi connectivity index (χ2v) is 5.18. The lowest BCUT2D eigenvalue weighted by atomic mass is 9.97. The molecule has 1 aliphatic heterocycles. The Hall–Kier alpha value is -0.450. The van der Waals surface area contributed by atoms with E-state index in [2.05, 4.69) is 20.6 Å². The summed E-state index contributed by atoms with van der Waals surface area (Å²) >= 11 is 1.76. The molecular formula is C11H19N3S. The second kappa shape index (κ2) is 5.58. The Labute approximate surface area is 95.5 Å². The molecule has 0 saturated carbocycles. The van der Waals surface area contributed by atoms with E-state index < -0.39 is 0 Å². The molecule has 4 heteroatoms. The number of hydrogen-bond donors (Lipinski definition) is 1. The average molecular weight is 225 g/mol. The Bertz CT molecular complexity index is 265. The molecule has 3 nitrogen and oxygen atoms in total. The highest BCUT2D eigenvalue weighted by molar-refractivity contribution is 7.09. The van der Waals surface area contributed by atoms with Gasteiger partial charge in [0.1, 0.15) is 5.01 Å². The third kappa shape index (κ3) is 3.26. The van der Waals surface area contributed by atoms with Crippen LogP contribution < -0.4 is 5.32 Å². The summed E-state index contributed by atoms with van der Waals surface area (Å²) in [6.45, 7) is 4.67.